The standard InChI is InChI=1S/C10H9ClF3NO2S/c11-7-3-1-2-6(8(7)15)9(16)17-4-5-18-10(12,13)14/h1-3H,4-5,15H2. The van der Waals surface area contributed by atoms with E-state index in [4.69, 9.17) is 17.3 Å². The molecule has 0 aliphatic rings. The van der Waals surface area contributed by atoms with Crippen LogP contribution in [0.5, 0.6) is 0 Å². The van der Waals surface area contributed by atoms with Crippen LogP contribution < -0.4 is 5.73 Å². The average molecular weight is 300 g/mol. The molecule has 2 N–H and O–H groups in total. The molecule has 0 saturated heterocycles. The quantitative estimate of drug-likeness (QED) is 0.526. The molecule has 0 atom stereocenters. The van der Waals surface area contributed by atoms with E-state index in [1.165, 1.54) is 18.2 Å². The van der Waals surface area contributed by atoms with Crippen molar-refractivity contribution in [2.45, 2.75) is 5.51 Å². The lowest BCUT2D eigenvalue weighted by Crippen LogP contribution is -2.12. The van der Waals surface area contributed by atoms with Crippen LogP contribution in [0.4, 0.5) is 18.9 Å². The number of para-hydroxylation sites is 1. The molecule has 1 aromatic carbocycles. The smallest absolute Gasteiger partial charge is 0.441 e. The van der Waals surface area contributed by atoms with Gasteiger partial charge in [0.25, 0.3) is 0 Å². The lowest BCUT2D eigenvalue weighted by atomic mass is 10.2. The molecule has 100 valence electrons. The van der Waals surface area contributed by atoms with Crippen molar-refractivity contribution in [1.29, 1.82) is 0 Å². The van der Waals surface area contributed by atoms with Gasteiger partial charge in [0.05, 0.1) is 16.3 Å². The first-order chi connectivity index (χ1) is 8.31. The number of carbonyl (C=O) groups excluding carboxylic acids is 1. The fourth-order valence-corrected chi connectivity index (χ4v) is 1.66. The van der Waals surface area contributed by atoms with E-state index in [0.29, 0.717) is 0 Å². The predicted octanol–water partition coefficient (Wildman–Crippen LogP) is 3.33. The summed E-state index contributed by atoms with van der Waals surface area (Å²) in [6, 6.07) is 4.38. The fraction of sp³-hybridized carbons (Fsp3) is 0.300. The molecule has 0 aromatic heterocycles. The summed E-state index contributed by atoms with van der Waals surface area (Å²) in [5.41, 5.74) is 1.30. The van der Waals surface area contributed by atoms with Gasteiger partial charge in [-0.05, 0) is 23.9 Å². The molecule has 1 aromatic rings. The molecule has 0 radical (unpaired) electrons. The van der Waals surface area contributed by atoms with Crippen LogP contribution in [0.25, 0.3) is 0 Å². The number of carbonyl (C=O) groups is 1. The number of nitrogens with two attached hydrogens (primary N) is 1. The van der Waals surface area contributed by atoms with Gasteiger partial charge in [0.2, 0.25) is 0 Å². The van der Waals surface area contributed by atoms with Gasteiger partial charge in [0.1, 0.15) is 6.61 Å². The maximum atomic E-state index is 11.8. The second kappa shape index (κ2) is 6.19. The zero-order chi connectivity index (χ0) is 13.8. The summed E-state index contributed by atoms with van der Waals surface area (Å²) in [5, 5.41) is 0.189. The highest BCUT2D eigenvalue weighted by molar-refractivity contribution is 8.00. The van der Waals surface area contributed by atoms with Gasteiger partial charge in [0.15, 0.2) is 0 Å². The van der Waals surface area contributed by atoms with Crippen LogP contribution in [0.1, 0.15) is 10.4 Å². The number of benzene rings is 1. The first kappa shape index (κ1) is 15.0. The molecular weight excluding hydrogens is 291 g/mol. The zero-order valence-corrected chi connectivity index (χ0v) is 10.5. The summed E-state index contributed by atoms with van der Waals surface area (Å²) in [7, 11) is 0. The first-order valence-electron chi connectivity index (χ1n) is 4.73. The van der Waals surface area contributed by atoms with E-state index >= 15 is 0 Å². The normalized spacial score (nSPS) is 11.3. The molecule has 0 heterocycles. The molecule has 0 fully saturated rings. The van der Waals surface area contributed by atoms with E-state index < -0.39 is 11.5 Å². The largest absolute Gasteiger partial charge is 0.461 e. The van der Waals surface area contributed by atoms with Crippen molar-refractivity contribution in [2.24, 2.45) is 0 Å². The van der Waals surface area contributed by atoms with Crippen LogP contribution in [-0.2, 0) is 4.74 Å². The van der Waals surface area contributed by atoms with Crippen molar-refractivity contribution in [1.82, 2.24) is 0 Å². The summed E-state index contributed by atoms with van der Waals surface area (Å²) < 4.78 is 40.1. The summed E-state index contributed by atoms with van der Waals surface area (Å²) in [5.74, 6) is -1.16. The SMILES string of the molecule is Nc1c(Cl)cccc1C(=O)OCCSC(F)(F)F. The predicted molar refractivity (Wildman–Crippen MR) is 64.7 cm³/mol. The Labute approximate surface area is 110 Å². The van der Waals surface area contributed by atoms with Crippen LogP contribution >= 0.6 is 23.4 Å². The highest BCUT2D eigenvalue weighted by atomic mass is 35.5. The minimum Gasteiger partial charge on any atom is -0.461 e. The van der Waals surface area contributed by atoms with Gasteiger partial charge >= 0.3 is 11.5 Å². The van der Waals surface area contributed by atoms with Gasteiger partial charge in [-0.25, -0.2) is 4.79 Å². The van der Waals surface area contributed by atoms with E-state index in [0.717, 1.165) is 0 Å². The van der Waals surface area contributed by atoms with Crippen molar-refractivity contribution in [3.8, 4) is 0 Å². The van der Waals surface area contributed by atoms with Gasteiger partial charge in [-0.3, -0.25) is 0 Å². The number of rotatable bonds is 4. The number of anilines is 1. The molecule has 3 nitrogen and oxygen atoms in total. The molecule has 1 rings (SSSR count). The molecule has 0 unspecified atom stereocenters. The van der Waals surface area contributed by atoms with Crippen LogP contribution in [0.3, 0.4) is 0 Å². The van der Waals surface area contributed by atoms with E-state index in [1.54, 1.807) is 0 Å². The Morgan fingerprint density at radius 1 is 1.44 bits per heavy atom. The van der Waals surface area contributed by atoms with Crippen molar-refractivity contribution in [3.63, 3.8) is 0 Å². The van der Waals surface area contributed by atoms with Crippen LogP contribution in [0, 0.1) is 0 Å². The Balaban J connectivity index is 2.49. The third-order valence-corrected chi connectivity index (χ3v) is 2.88. The minimum atomic E-state index is -4.33. The number of esters is 1. The maximum Gasteiger partial charge on any atom is 0.441 e. The first-order valence-corrected chi connectivity index (χ1v) is 6.09. The number of thioether (sulfide) groups is 1. The van der Waals surface area contributed by atoms with Crippen molar-refractivity contribution in [3.05, 3.63) is 28.8 Å². The minimum absolute atomic E-state index is 0.0412. The zero-order valence-electron chi connectivity index (χ0n) is 8.96. The fourth-order valence-electron chi connectivity index (χ4n) is 1.08. The number of halogens is 4. The monoisotopic (exact) mass is 299 g/mol. The molecular formula is C10H9ClF3NO2S. The summed E-state index contributed by atoms with van der Waals surface area (Å²) in [6.07, 6.45) is 0. The van der Waals surface area contributed by atoms with E-state index in [2.05, 4.69) is 4.74 Å². The van der Waals surface area contributed by atoms with Gasteiger partial charge in [-0.2, -0.15) is 13.2 Å². The van der Waals surface area contributed by atoms with E-state index in [-0.39, 0.29) is 40.4 Å². The number of nitrogen functional groups attached to an aromatic ring is 1. The molecule has 0 aliphatic heterocycles. The summed E-state index contributed by atoms with van der Waals surface area (Å²) >= 11 is 5.44. The molecule has 0 aliphatic carbocycles. The Morgan fingerprint density at radius 2 is 2.11 bits per heavy atom. The topological polar surface area (TPSA) is 52.3 Å². The van der Waals surface area contributed by atoms with E-state index in [1.807, 2.05) is 0 Å². The third kappa shape index (κ3) is 4.66. The molecule has 0 saturated carbocycles. The number of alkyl halides is 3. The Morgan fingerprint density at radius 3 is 2.72 bits per heavy atom. The van der Waals surface area contributed by atoms with Crippen molar-refractivity contribution < 1.29 is 22.7 Å². The van der Waals surface area contributed by atoms with Crippen LogP contribution in [-0.4, -0.2) is 23.8 Å². The molecule has 0 amide bonds. The molecule has 18 heavy (non-hydrogen) atoms. The Hall–Kier alpha value is -1.08. The second-order valence-electron chi connectivity index (χ2n) is 3.13. The highest BCUT2D eigenvalue weighted by Gasteiger charge is 2.27. The van der Waals surface area contributed by atoms with Crippen LogP contribution in [0.2, 0.25) is 5.02 Å². The van der Waals surface area contributed by atoms with Gasteiger partial charge < -0.3 is 10.5 Å². The van der Waals surface area contributed by atoms with E-state index in [9.17, 15) is 18.0 Å². The Kier molecular flexibility index (Phi) is 5.15. The lowest BCUT2D eigenvalue weighted by Gasteiger charge is -2.08. The lowest BCUT2D eigenvalue weighted by molar-refractivity contribution is -0.0331. The van der Waals surface area contributed by atoms with Gasteiger partial charge in [-0.1, -0.05) is 17.7 Å². The third-order valence-electron chi connectivity index (χ3n) is 1.86. The van der Waals surface area contributed by atoms with Crippen LogP contribution in [0.15, 0.2) is 18.2 Å². The van der Waals surface area contributed by atoms with Crippen molar-refractivity contribution in [2.75, 3.05) is 18.1 Å². The maximum absolute atomic E-state index is 11.8. The van der Waals surface area contributed by atoms with Crippen molar-refractivity contribution >= 4 is 35.0 Å². The molecule has 8 heteroatoms. The number of hydrogen-bond donors (Lipinski definition) is 1. The number of hydrogen-bond acceptors (Lipinski definition) is 4. The van der Waals surface area contributed by atoms with Gasteiger partial charge in [0, 0.05) is 5.75 Å². The van der Waals surface area contributed by atoms with Gasteiger partial charge in [-0.15, -0.1) is 0 Å². The average Bonchev–Trinajstić information content (AvgIpc) is 2.26. The number of ether oxygens (including phenoxy) is 1. The molecule has 0 spiro atoms. The second-order valence-corrected chi connectivity index (χ2v) is 4.70. The Bertz CT molecular complexity index is 440. The summed E-state index contributed by atoms with van der Waals surface area (Å²) in [6.45, 7) is -0.352. The summed E-state index contributed by atoms with van der Waals surface area (Å²) in [4.78, 5) is 11.5. The molecule has 0 bridgehead atoms. The highest BCUT2D eigenvalue weighted by Crippen LogP contribution is 2.29.